The number of nitrogens with zero attached hydrogens (tertiary/aromatic N) is 3. The molecule has 4 rings (SSSR count). The average Bonchev–Trinajstić information content (AvgIpc) is 3.27. The molecule has 166 valence electrons. The first-order valence-corrected chi connectivity index (χ1v) is 10.6. The van der Waals surface area contributed by atoms with Crippen LogP contribution in [0.4, 0.5) is 20.9 Å². The number of hydrogen-bond donors (Lipinski definition) is 1. The summed E-state index contributed by atoms with van der Waals surface area (Å²) in [5, 5.41) is 16.2. The van der Waals surface area contributed by atoms with E-state index in [1.807, 2.05) is 4.90 Å². The minimum Gasteiger partial charge on any atom is -0.494 e. The quantitative estimate of drug-likeness (QED) is 0.440. The minimum absolute atomic E-state index is 0.125. The Morgan fingerprint density at radius 1 is 1.28 bits per heavy atom. The maximum atomic E-state index is 14.0. The number of benzene rings is 2. The van der Waals surface area contributed by atoms with E-state index >= 15 is 0 Å². The number of aromatic nitrogens is 1. The van der Waals surface area contributed by atoms with Gasteiger partial charge in [0.2, 0.25) is 0 Å². The summed E-state index contributed by atoms with van der Waals surface area (Å²) in [4.78, 5) is 30.0. The number of thiazole rings is 1. The van der Waals surface area contributed by atoms with Crippen LogP contribution in [0.25, 0.3) is 11.3 Å². The smallest absolute Gasteiger partial charge is 0.293 e. The molecular weight excluding hydrogens is 439 g/mol. The van der Waals surface area contributed by atoms with Crippen molar-refractivity contribution in [2.24, 2.45) is 0 Å². The van der Waals surface area contributed by atoms with E-state index in [9.17, 15) is 19.3 Å². The molecular formula is C21H19FN4O5S. The Kier molecular flexibility index (Phi) is 6.28. The van der Waals surface area contributed by atoms with Gasteiger partial charge in [0.1, 0.15) is 5.69 Å². The number of carbonyl (C=O) groups excluding carboxylic acids is 1. The van der Waals surface area contributed by atoms with Crippen LogP contribution in [0.1, 0.15) is 10.4 Å². The Morgan fingerprint density at radius 3 is 2.75 bits per heavy atom. The van der Waals surface area contributed by atoms with Crippen molar-refractivity contribution in [2.45, 2.75) is 0 Å². The number of hydrogen-bond acceptors (Lipinski definition) is 8. The Balaban J connectivity index is 1.52. The second kappa shape index (κ2) is 9.28. The van der Waals surface area contributed by atoms with Crippen molar-refractivity contribution in [3.05, 3.63) is 63.3 Å². The van der Waals surface area contributed by atoms with Crippen LogP contribution in [0.3, 0.4) is 0 Å². The molecule has 0 aliphatic carbocycles. The van der Waals surface area contributed by atoms with Crippen LogP contribution < -0.4 is 15.0 Å². The molecule has 2 aromatic carbocycles. The summed E-state index contributed by atoms with van der Waals surface area (Å²) in [6.07, 6.45) is 0. The lowest BCUT2D eigenvalue weighted by atomic mass is 10.1. The van der Waals surface area contributed by atoms with Crippen molar-refractivity contribution >= 4 is 33.8 Å². The zero-order valence-electron chi connectivity index (χ0n) is 17.0. The van der Waals surface area contributed by atoms with Gasteiger partial charge in [-0.3, -0.25) is 20.2 Å². The summed E-state index contributed by atoms with van der Waals surface area (Å²) in [5.74, 6) is -0.917. The highest BCUT2D eigenvalue weighted by Gasteiger charge is 2.23. The molecule has 1 amide bonds. The molecule has 1 aliphatic rings. The van der Waals surface area contributed by atoms with Gasteiger partial charge in [-0.05, 0) is 30.3 Å². The van der Waals surface area contributed by atoms with Crippen LogP contribution in [-0.4, -0.2) is 49.2 Å². The average molecular weight is 458 g/mol. The number of morpholine rings is 1. The molecule has 2 heterocycles. The lowest BCUT2D eigenvalue weighted by Gasteiger charge is -2.28. The van der Waals surface area contributed by atoms with Gasteiger partial charge < -0.3 is 14.4 Å². The number of nitro groups is 1. The van der Waals surface area contributed by atoms with E-state index in [2.05, 4.69) is 10.3 Å². The largest absolute Gasteiger partial charge is 0.494 e. The number of halogens is 1. The van der Waals surface area contributed by atoms with Gasteiger partial charge >= 0.3 is 0 Å². The third-order valence-electron chi connectivity index (χ3n) is 4.96. The van der Waals surface area contributed by atoms with Gasteiger partial charge in [-0.25, -0.2) is 9.37 Å². The van der Waals surface area contributed by atoms with Crippen LogP contribution >= 0.6 is 11.3 Å². The molecule has 0 atom stereocenters. The van der Waals surface area contributed by atoms with Crippen LogP contribution in [0.5, 0.6) is 5.75 Å². The lowest BCUT2D eigenvalue weighted by molar-refractivity contribution is -0.384. The van der Waals surface area contributed by atoms with Crippen LogP contribution in [0, 0.1) is 15.9 Å². The van der Waals surface area contributed by atoms with Crippen molar-refractivity contribution in [1.82, 2.24) is 4.98 Å². The van der Waals surface area contributed by atoms with Gasteiger partial charge in [0.05, 0.1) is 30.9 Å². The molecule has 11 heteroatoms. The van der Waals surface area contributed by atoms with E-state index in [4.69, 9.17) is 9.47 Å². The van der Waals surface area contributed by atoms with Gasteiger partial charge in [-0.2, -0.15) is 0 Å². The molecule has 1 aliphatic heterocycles. The second-order valence-electron chi connectivity index (χ2n) is 6.90. The van der Waals surface area contributed by atoms with E-state index in [1.165, 1.54) is 36.6 Å². The fourth-order valence-electron chi connectivity index (χ4n) is 3.34. The van der Waals surface area contributed by atoms with Gasteiger partial charge in [0.25, 0.3) is 11.6 Å². The van der Waals surface area contributed by atoms with E-state index in [0.29, 0.717) is 48.4 Å². The molecule has 9 nitrogen and oxygen atoms in total. The van der Waals surface area contributed by atoms with E-state index in [-0.39, 0.29) is 17.0 Å². The number of nitro benzene ring substituents is 1. The van der Waals surface area contributed by atoms with Gasteiger partial charge in [0.15, 0.2) is 16.7 Å². The molecule has 1 aromatic heterocycles. The first kappa shape index (κ1) is 21.7. The highest BCUT2D eigenvalue weighted by atomic mass is 32.1. The van der Waals surface area contributed by atoms with Crippen LogP contribution in [0.2, 0.25) is 0 Å². The summed E-state index contributed by atoms with van der Waals surface area (Å²) in [6, 6.07) is 8.83. The molecule has 32 heavy (non-hydrogen) atoms. The monoisotopic (exact) mass is 458 g/mol. The first-order chi connectivity index (χ1) is 15.5. The number of nitrogens with one attached hydrogen (secondary N) is 1. The van der Waals surface area contributed by atoms with E-state index in [1.54, 1.807) is 23.6 Å². The fourth-order valence-corrected chi connectivity index (χ4v) is 4.06. The normalized spacial score (nSPS) is 13.6. The Morgan fingerprint density at radius 2 is 2.06 bits per heavy atom. The number of rotatable bonds is 6. The fraction of sp³-hybridized carbons (Fsp3) is 0.238. The minimum atomic E-state index is -0.525. The topological polar surface area (TPSA) is 107 Å². The summed E-state index contributed by atoms with van der Waals surface area (Å²) in [7, 11) is 1.38. The molecule has 0 bridgehead atoms. The standard InChI is InChI=1S/C21H19FN4O5S/c1-30-19-5-3-13(10-15(19)22)16-12-32-21(23-16)24-20(27)14-2-4-17(18(11-14)26(28)29)25-6-8-31-9-7-25/h2-5,10-12H,6-9H2,1H3,(H,23,24,27). The maximum absolute atomic E-state index is 14.0. The summed E-state index contributed by atoms with van der Waals surface area (Å²) in [5.41, 5.74) is 1.47. The maximum Gasteiger partial charge on any atom is 0.293 e. The van der Waals surface area contributed by atoms with E-state index < -0.39 is 16.6 Å². The van der Waals surface area contributed by atoms with Crippen molar-refractivity contribution in [3.8, 4) is 17.0 Å². The summed E-state index contributed by atoms with van der Waals surface area (Å²) in [6.45, 7) is 2.06. The molecule has 0 spiro atoms. The lowest BCUT2D eigenvalue weighted by Crippen LogP contribution is -2.36. The zero-order chi connectivity index (χ0) is 22.7. The number of amides is 1. The third-order valence-corrected chi connectivity index (χ3v) is 5.72. The number of anilines is 2. The van der Waals surface area contributed by atoms with Crippen molar-refractivity contribution in [1.29, 1.82) is 0 Å². The zero-order valence-corrected chi connectivity index (χ0v) is 17.9. The predicted molar refractivity (Wildman–Crippen MR) is 118 cm³/mol. The molecule has 3 aromatic rings. The van der Waals surface area contributed by atoms with Crippen molar-refractivity contribution < 1.29 is 23.6 Å². The Hall–Kier alpha value is -3.57. The summed E-state index contributed by atoms with van der Waals surface area (Å²) >= 11 is 1.17. The van der Waals surface area contributed by atoms with Crippen LogP contribution in [-0.2, 0) is 4.74 Å². The molecule has 0 radical (unpaired) electrons. The highest BCUT2D eigenvalue weighted by Crippen LogP contribution is 2.31. The molecule has 0 saturated carbocycles. The van der Waals surface area contributed by atoms with Crippen molar-refractivity contribution in [2.75, 3.05) is 43.6 Å². The van der Waals surface area contributed by atoms with E-state index in [0.717, 1.165) is 0 Å². The number of methoxy groups -OCH3 is 1. The molecule has 0 unspecified atom stereocenters. The van der Waals surface area contributed by atoms with Crippen molar-refractivity contribution in [3.63, 3.8) is 0 Å². The third kappa shape index (κ3) is 4.53. The highest BCUT2D eigenvalue weighted by molar-refractivity contribution is 7.14. The van der Waals surface area contributed by atoms with Crippen LogP contribution in [0.15, 0.2) is 41.8 Å². The van der Waals surface area contributed by atoms with Gasteiger partial charge in [0, 0.05) is 35.7 Å². The number of ether oxygens (including phenoxy) is 2. The molecule has 1 N–H and O–H groups in total. The SMILES string of the molecule is COc1ccc(-c2csc(NC(=O)c3ccc(N4CCOCC4)c([N+](=O)[O-])c3)n2)cc1F. The Bertz CT molecular complexity index is 1160. The predicted octanol–water partition coefficient (Wildman–Crippen LogP) is 3.95. The molecule has 1 saturated heterocycles. The first-order valence-electron chi connectivity index (χ1n) is 9.68. The molecule has 1 fully saturated rings. The van der Waals surface area contributed by atoms with Gasteiger partial charge in [-0.1, -0.05) is 0 Å². The second-order valence-corrected chi connectivity index (χ2v) is 7.76. The van der Waals surface area contributed by atoms with Gasteiger partial charge in [-0.15, -0.1) is 11.3 Å². The summed E-state index contributed by atoms with van der Waals surface area (Å²) < 4.78 is 24.2. The number of carbonyl (C=O) groups is 1. The Labute approximate surface area is 186 Å².